The molecule has 1 aliphatic heterocycles. The fraction of sp³-hybridized carbons (Fsp3) is 0.533. The number of nitrogens with zero attached hydrogens (tertiary/aromatic N) is 1. The molecule has 1 aliphatic rings. The number of nitrogen functional groups attached to an aromatic ring is 1. The van der Waals surface area contributed by atoms with Gasteiger partial charge in [0.2, 0.25) is 0 Å². The summed E-state index contributed by atoms with van der Waals surface area (Å²) in [5.41, 5.74) is 9.25. The van der Waals surface area contributed by atoms with Gasteiger partial charge in [-0.05, 0) is 55.6 Å². The zero-order valence-corrected chi connectivity index (χ0v) is 11.4. The van der Waals surface area contributed by atoms with Gasteiger partial charge >= 0.3 is 5.97 Å². The van der Waals surface area contributed by atoms with Crippen molar-refractivity contribution in [2.45, 2.75) is 32.7 Å². The molecular formula is C15H22N2O2. The van der Waals surface area contributed by atoms with Crippen molar-refractivity contribution in [1.29, 1.82) is 0 Å². The number of anilines is 1. The second-order valence-corrected chi connectivity index (χ2v) is 5.27. The van der Waals surface area contributed by atoms with E-state index in [4.69, 9.17) is 10.8 Å². The van der Waals surface area contributed by atoms with Gasteiger partial charge in [-0.25, -0.2) is 0 Å². The van der Waals surface area contributed by atoms with Gasteiger partial charge in [0, 0.05) is 12.2 Å². The monoisotopic (exact) mass is 262 g/mol. The third-order valence-electron chi connectivity index (χ3n) is 3.94. The molecule has 0 radical (unpaired) electrons. The first-order chi connectivity index (χ1) is 9.10. The molecule has 2 rings (SSSR count). The molecule has 0 atom stereocenters. The molecule has 0 bridgehead atoms. The predicted molar refractivity (Wildman–Crippen MR) is 75.9 cm³/mol. The lowest BCUT2D eigenvalue weighted by Gasteiger charge is -2.30. The number of nitrogens with two attached hydrogens (primary N) is 1. The van der Waals surface area contributed by atoms with Crippen molar-refractivity contribution in [2.75, 3.05) is 18.8 Å². The van der Waals surface area contributed by atoms with E-state index in [2.05, 4.69) is 17.9 Å². The van der Waals surface area contributed by atoms with E-state index in [-0.39, 0.29) is 5.92 Å². The van der Waals surface area contributed by atoms with E-state index in [1.807, 2.05) is 12.1 Å². The number of rotatable bonds is 4. The molecule has 0 unspecified atom stereocenters. The number of carboxylic acid groups (broad SMARTS) is 1. The Hall–Kier alpha value is -1.55. The predicted octanol–water partition coefficient (Wildman–Crippen LogP) is 2.13. The van der Waals surface area contributed by atoms with Crippen LogP contribution in [0.4, 0.5) is 5.69 Å². The topological polar surface area (TPSA) is 66.6 Å². The lowest BCUT2D eigenvalue weighted by molar-refractivity contribution is -0.143. The van der Waals surface area contributed by atoms with Gasteiger partial charge in [0.1, 0.15) is 0 Å². The van der Waals surface area contributed by atoms with Gasteiger partial charge in [-0.2, -0.15) is 0 Å². The van der Waals surface area contributed by atoms with Crippen LogP contribution in [0.25, 0.3) is 0 Å². The van der Waals surface area contributed by atoms with E-state index in [1.54, 1.807) is 0 Å². The quantitative estimate of drug-likeness (QED) is 0.816. The van der Waals surface area contributed by atoms with Crippen LogP contribution in [0.15, 0.2) is 18.2 Å². The maximum atomic E-state index is 10.9. The van der Waals surface area contributed by atoms with Crippen molar-refractivity contribution in [2.24, 2.45) is 5.92 Å². The van der Waals surface area contributed by atoms with Crippen LogP contribution in [0.3, 0.4) is 0 Å². The molecule has 4 nitrogen and oxygen atoms in total. The Morgan fingerprint density at radius 3 is 2.63 bits per heavy atom. The van der Waals surface area contributed by atoms with Crippen LogP contribution in [0.5, 0.6) is 0 Å². The van der Waals surface area contributed by atoms with Crippen LogP contribution in [0.2, 0.25) is 0 Å². The Kier molecular flexibility index (Phi) is 4.43. The van der Waals surface area contributed by atoms with Gasteiger partial charge in [-0.3, -0.25) is 9.69 Å². The summed E-state index contributed by atoms with van der Waals surface area (Å²) in [6, 6.07) is 6.08. The number of hydrogen-bond acceptors (Lipinski definition) is 3. The summed E-state index contributed by atoms with van der Waals surface area (Å²) in [6.07, 6.45) is 2.50. The van der Waals surface area contributed by atoms with E-state index in [9.17, 15) is 4.79 Å². The largest absolute Gasteiger partial charge is 0.481 e. The van der Waals surface area contributed by atoms with E-state index in [0.29, 0.717) is 0 Å². The van der Waals surface area contributed by atoms with Crippen LogP contribution in [0.1, 0.15) is 30.9 Å². The minimum atomic E-state index is -0.655. The minimum absolute atomic E-state index is 0.164. The normalized spacial score (nSPS) is 17.5. The Morgan fingerprint density at radius 2 is 2.05 bits per heavy atom. The molecule has 3 N–H and O–H groups in total. The highest BCUT2D eigenvalue weighted by Gasteiger charge is 2.24. The molecule has 0 aromatic heterocycles. The highest BCUT2D eigenvalue weighted by atomic mass is 16.4. The molecule has 104 valence electrons. The van der Waals surface area contributed by atoms with Crippen molar-refractivity contribution in [3.05, 3.63) is 29.3 Å². The molecular weight excluding hydrogens is 240 g/mol. The Bertz CT molecular complexity index is 451. The molecule has 1 saturated heterocycles. The van der Waals surface area contributed by atoms with Crippen LogP contribution in [-0.2, 0) is 17.8 Å². The van der Waals surface area contributed by atoms with E-state index >= 15 is 0 Å². The summed E-state index contributed by atoms with van der Waals surface area (Å²) in [5.74, 6) is -0.819. The summed E-state index contributed by atoms with van der Waals surface area (Å²) in [5, 5.41) is 9.00. The standard InChI is InChI=1S/C15H22N2O2/c1-2-11-3-4-14(16)9-13(11)10-17-7-5-12(6-8-17)15(18)19/h3-4,9,12H,2,5-8,10,16H2,1H3,(H,18,19). The third kappa shape index (κ3) is 3.47. The number of aliphatic carboxylic acids is 1. The number of hydrogen-bond donors (Lipinski definition) is 2. The van der Waals surface area contributed by atoms with Crippen molar-refractivity contribution in [3.63, 3.8) is 0 Å². The molecule has 1 fully saturated rings. The van der Waals surface area contributed by atoms with Gasteiger partial charge in [0.05, 0.1) is 5.92 Å². The minimum Gasteiger partial charge on any atom is -0.481 e. The SMILES string of the molecule is CCc1ccc(N)cc1CN1CCC(C(=O)O)CC1. The van der Waals surface area contributed by atoms with Gasteiger partial charge in [-0.1, -0.05) is 13.0 Å². The number of benzene rings is 1. The second-order valence-electron chi connectivity index (χ2n) is 5.27. The van der Waals surface area contributed by atoms with Crippen LogP contribution >= 0.6 is 0 Å². The van der Waals surface area contributed by atoms with Gasteiger partial charge in [0.25, 0.3) is 0 Å². The summed E-state index contributed by atoms with van der Waals surface area (Å²) < 4.78 is 0. The van der Waals surface area contributed by atoms with Crippen molar-refractivity contribution < 1.29 is 9.90 Å². The summed E-state index contributed by atoms with van der Waals surface area (Å²) in [6.45, 7) is 4.73. The maximum absolute atomic E-state index is 10.9. The number of carboxylic acids is 1. The highest BCUT2D eigenvalue weighted by molar-refractivity contribution is 5.70. The zero-order chi connectivity index (χ0) is 13.8. The average Bonchev–Trinajstić information content (AvgIpc) is 2.39. The van der Waals surface area contributed by atoms with E-state index in [1.165, 1.54) is 11.1 Å². The summed E-state index contributed by atoms with van der Waals surface area (Å²) in [4.78, 5) is 13.3. The first-order valence-corrected chi connectivity index (χ1v) is 6.92. The van der Waals surface area contributed by atoms with E-state index < -0.39 is 5.97 Å². The van der Waals surface area contributed by atoms with Gasteiger partial charge < -0.3 is 10.8 Å². The number of likely N-dealkylation sites (tertiary alicyclic amines) is 1. The second kappa shape index (κ2) is 6.06. The Labute approximate surface area is 114 Å². The molecule has 0 amide bonds. The van der Waals surface area contributed by atoms with Crippen molar-refractivity contribution >= 4 is 11.7 Å². The van der Waals surface area contributed by atoms with Crippen LogP contribution < -0.4 is 5.73 Å². The molecule has 1 aromatic rings. The molecule has 0 aliphatic carbocycles. The Morgan fingerprint density at radius 1 is 1.37 bits per heavy atom. The van der Waals surface area contributed by atoms with Gasteiger partial charge in [0.15, 0.2) is 0 Å². The maximum Gasteiger partial charge on any atom is 0.306 e. The first kappa shape index (κ1) is 13.9. The van der Waals surface area contributed by atoms with Crippen molar-refractivity contribution in [1.82, 2.24) is 4.90 Å². The number of carbonyl (C=O) groups is 1. The number of aryl methyl sites for hydroxylation is 1. The number of piperidine rings is 1. The third-order valence-corrected chi connectivity index (χ3v) is 3.94. The molecule has 1 aromatic carbocycles. The van der Waals surface area contributed by atoms with Crippen LogP contribution in [0, 0.1) is 5.92 Å². The molecule has 0 spiro atoms. The van der Waals surface area contributed by atoms with E-state index in [0.717, 1.165) is 44.6 Å². The highest BCUT2D eigenvalue weighted by Crippen LogP contribution is 2.22. The van der Waals surface area contributed by atoms with Crippen molar-refractivity contribution in [3.8, 4) is 0 Å². The average molecular weight is 262 g/mol. The van der Waals surface area contributed by atoms with Crippen LogP contribution in [-0.4, -0.2) is 29.1 Å². The molecule has 19 heavy (non-hydrogen) atoms. The first-order valence-electron chi connectivity index (χ1n) is 6.92. The molecule has 0 saturated carbocycles. The smallest absolute Gasteiger partial charge is 0.306 e. The summed E-state index contributed by atoms with van der Waals surface area (Å²) in [7, 11) is 0. The lowest BCUT2D eigenvalue weighted by atomic mass is 9.96. The fourth-order valence-electron chi connectivity index (χ4n) is 2.72. The fourth-order valence-corrected chi connectivity index (χ4v) is 2.72. The Balaban J connectivity index is 1.99. The zero-order valence-electron chi connectivity index (χ0n) is 11.4. The van der Waals surface area contributed by atoms with Gasteiger partial charge in [-0.15, -0.1) is 0 Å². The molecule has 4 heteroatoms. The lowest BCUT2D eigenvalue weighted by Crippen LogP contribution is -2.36. The molecule has 1 heterocycles. The summed E-state index contributed by atoms with van der Waals surface area (Å²) >= 11 is 0.